The van der Waals surface area contributed by atoms with E-state index >= 15 is 0 Å². The van der Waals surface area contributed by atoms with Gasteiger partial charge in [-0.25, -0.2) is 0 Å². The quantitative estimate of drug-likeness (QED) is 0.426. The van der Waals surface area contributed by atoms with Crippen molar-refractivity contribution in [3.63, 3.8) is 0 Å². The Morgan fingerprint density at radius 2 is 2.38 bits per heavy atom. The predicted molar refractivity (Wildman–Crippen MR) is 32.2 cm³/mol. The Bertz CT molecular complexity index is 163. The summed E-state index contributed by atoms with van der Waals surface area (Å²) < 4.78 is 0. The van der Waals surface area contributed by atoms with Crippen LogP contribution in [0.5, 0.6) is 0 Å². The average Bonchev–Trinajstić information content (AvgIpc) is 1.64. The number of carbonyl (C=O) groups is 1. The Kier molecular flexibility index (Phi) is 1.20. The molecule has 1 nitrogen and oxygen atoms in total. The van der Waals surface area contributed by atoms with Crippen molar-refractivity contribution in [3.8, 4) is 0 Å². The fraction of sp³-hybridized carbons (Fsp3) is 0.143. The first-order valence-corrected chi connectivity index (χ1v) is 2.53. The molecule has 0 N–H and O–H groups in total. The SMILES string of the molecule is CC1=CC(=O)[CH+]C=C1. The molecule has 0 unspecified atom stereocenters. The van der Waals surface area contributed by atoms with E-state index in [1.807, 2.05) is 13.0 Å². The average molecular weight is 107 g/mol. The Balaban J connectivity index is 2.77. The minimum atomic E-state index is 0.0880. The van der Waals surface area contributed by atoms with Crippen molar-refractivity contribution in [2.24, 2.45) is 0 Å². The van der Waals surface area contributed by atoms with Gasteiger partial charge in [0.25, 0.3) is 5.78 Å². The maximum atomic E-state index is 10.5. The summed E-state index contributed by atoms with van der Waals surface area (Å²) in [6.45, 7) is 1.90. The highest BCUT2D eigenvalue weighted by atomic mass is 16.1. The van der Waals surface area contributed by atoms with Crippen LogP contribution in [0.1, 0.15) is 6.92 Å². The summed E-state index contributed by atoms with van der Waals surface area (Å²) >= 11 is 0. The van der Waals surface area contributed by atoms with Crippen LogP contribution in [0.25, 0.3) is 0 Å². The van der Waals surface area contributed by atoms with Gasteiger partial charge < -0.3 is 0 Å². The van der Waals surface area contributed by atoms with Gasteiger partial charge in [-0.05, 0) is 6.92 Å². The number of ketones is 1. The second kappa shape index (κ2) is 1.86. The molecule has 0 saturated heterocycles. The molecule has 0 fully saturated rings. The van der Waals surface area contributed by atoms with Crippen LogP contribution in [0, 0.1) is 6.42 Å². The highest BCUT2D eigenvalue weighted by Gasteiger charge is 2.07. The van der Waals surface area contributed by atoms with Gasteiger partial charge in [0.1, 0.15) is 0 Å². The summed E-state index contributed by atoms with van der Waals surface area (Å²) in [6.07, 6.45) is 6.83. The van der Waals surface area contributed by atoms with Gasteiger partial charge in [-0.1, -0.05) is 0 Å². The second-order valence-corrected chi connectivity index (χ2v) is 1.82. The molecule has 1 heteroatoms. The molecule has 0 atom stereocenters. The van der Waals surface area contributed by atoms with Gasteiger partial charge in [0.05, 0.1) is 24.1 Å². The topological polar surface area (TPSA) is 17.1 Å². The number of allylic oxidation sites excluding steroid dienone is 4. The second-order valence-electron chi connectivity index (χ2n) is 1.82. The summed E-state index contributed by atoms with van der Waals surface area (Å²) in [7, 11) is 0. The first kappa shape index (κ1) is 5.16. The Labute approximate surface area is 48.7 Å². The van der Waals surface area contributed by atoms with Gasteiger partial charge in [-0.3, -0.25) is 4.79 Å². The Morgan fingerprint density at radius 3 is 2.75 bits per heavy atom. The largest absolute Gasteiger partial charge is 0.285 e. The third-order valence-electron chi connectivity index (χ3n) is 0.990. The standard InChI is InChI=1S/C7H7O/c1-6-3-2-4-7(8)5-6/h2-5H,1H3/q+1. The van der Waals surface area contributed by atoms with Crippen molar-refractivity contribution in [3.05, 3.63) is 30.2 Å². The zero-order chi connectivity index (χ0) is 5.98. The van der Waals surface area contributed by atoms with Crippen LogP contribution in [-0.2, 0) is 4.79 Å². The van der Waals surface area contributed by atoms with Crippen LogP contribution in [0.4, 0.5) is 0 Å². The molecule has 1 aliphatic carbocycles. The van der Waals surface area contributed by atoms with Crippen molar-refractivity contribution in [1.82, 2.24) is 0 Å². The van der Waals surface area contributed by atoms with E-state index in [2.05, 4.69) is 0 Å². The third kappa shape index (κ3) is 0.997. The molecule has 0 heterocycles. The van der Waals surface area contributed by atoms with Gasteiger partial charge in [-0.2, -0.15) is 0 Å². The molecular formula is C7H7O+. The van der Waals surface area contributed by atoms with Crippen LogP contribution >= 0.6 is 0 Å². The molecule has 0 radical (unpaired) electrons. The van der Waals surface area contributed by atoms with Gasteiger partial charge >= 0.3 is 0 Å². The molecule has 0 bridgehead atoms. The van der Waals surface area contributed by atoms with Gasteiger partial charge in [0, 0.05) is 6.08 Å². The van der Waals surface area contributed by atoms with E-state index < -0.39 is 0 Å². The molecule has 0 amide bonds. The Hall–Kier alpha value is -0.980. The summed E-state index contributed by atoms with van der Waals surface area (Å²) in [5.41, 5.74) is 1.03. The van der Waals surface area contributed by atoms with E-state index in [-0.39, 0.29) is 5.78 Å². The Morgan fingerprint density at radius 1 is 1.62 bits per heavy atom. The summed E-state index contributed by atoms with van der Waals surface area (Å²) in [5, 5.41) is 0. The fourth-order valence-corrected chi connectivity index (χ4v) is 0.615. The van der Waals surface area contributed by atoms with Crippen LogP contribution in [0.2, 0.25) is 0 Å². The molecule has 0 aromatic heterocycles. The zero-order valence-corrected chi connectivity index (χ0v) is 4.72. The highest BCUT2D eigenvalue weighted by molar-refractivity contribution is 6.00. The molecular weight excluding hydrogens is 100 g/mol. The lowest BCUT2D eigenvalue weighted by Crippen LogP contribution is -1.95. The van der Waals surface area contributed by atoms with Crippen molar-refractivity contribution >= 4 is 5.78 Å². The van der Waals surface area contributed by atoms with Crippen LogP contribution in [0.3, 0.4) is 0 Å². The van der Waals surface area contributed by atoms with E-state index in [0.717, 1.165) is 5.57 Å². The fourth-order valence-electron chi connectivity index (χ4n) is 0.615. The maximum absolute atomic E-state index is 10.5. The normalized spacial score (nSPS) is 17.6. The molecule has 8 heavy (non-hydrogen) atoms. The molecule has 0 aromatic rings. The van der Waals surface area contributed by atoms with Gasteiger partial charge in [0.2, 0.25) is 0 Å². The van der Waals surface area contributed by atoms with Crippen LogP contribution in [-0.4, -0.2) is 5.78 Å². The minimum absolute atomic E-state index is 0.0880. The van der Waals surface area contributed by atoms with E-state index in [1.165, 1.54) is 0 Å². The number of hydrogen-bond donors (Lipinski definition) is 0. The van der Waals surface area contributed by atoms with Gasteiger partial charge in [0.15, 0.2) is 0 Å². The predicted octanol–water partition coefficient (Wildman–Crippen LogP) is 1.28. The van der Waals surface area contributed by atoms with Crippen LogP contribution < -0.4 is 0 Å². The number of carbonyl (C=O) groups excluding carboxylic acids is 1. The number of hydrogen-bond acceptors (Lipinski definition) is 1. The van der Waals surface area contributed by atoms with Crippen molar-refractivity contribution in [2.45, 2.75) is 6.92 Å². The van der Waals surface area contributed by atoms with E-state index in [9.17, 15) is 4.79 Å². The summed E-state index contributed by atoms with van der Waals surface area (Å²) in [6, 6.07) is 0. The summed E-state index contributed by atoms with van der Waals surface area (Å²) in [5.74, 6) is 0.0880. The molecule has 0 spiro atoms. The first-order chi connectivity index (χ1) is 3.79. The molecule has 1 aliphatic rings. The third-order valence-corrected chi connectivity index (χ3v) is 0.990. The smallest absolute Gasteiger partial charge is 0.258 e. The number of rotatable bonds is 0. The van der Waals surface area contributed by atoms with E-state index in [0.29, 0.717) is 0 Å². The molecule has 0 saturated carbocycles. The lowest BCUT2D eigenvalue weighted by molar-refractivity contribution is -0.111. The zero-order valence-electron chi connectivity index (χ0n) is 4.72. The van der Waals surface area contributed by atoms with Gasteiger partial charge in [-0.15, -0.1) is 0 Å². The monoisotopic (exact) mass is 107 g/mol. The lowest BCUT2D eigenvalue weighted by atomic mass is 10.1. The van der Waals surface area contributed by atoms with Crippen molar-refractivity contribution in [2.75, 3.05) is 0 Å². The molecule has 0 aromatic carbocycles. The summed E-state index contributed by atoms with van der Waals surface area (Å²) in [4.78, 5) is 10.5. The molecule has 1 rings (SSSR count). The van der Waals surface area contributed by atoms with E-state index in [1.54, 1.807) is 18.6 Å². The van der Waals surface area contributed by atoms with Crippen LogP contribution in [0.15, 0.2) is 23.8 Å². The maximum Gasteiger partial charge on any atom is 0.285 e. The van der Waals surface area contributed by atoms with Crippen molar-refractivity contribution < 1.29 is 4.79 Å². The van der Waals surface area contributed by atoms with Crippen molar-refractivity contribution in [1.29, 1.82) is 0 Å². The molecule has 0 aliphatic heterocycles. The van der Waals surface area contributed by atoms with E-state index in [4.69, 9.17) is 0 Å². The highest BCUT2D eigenvalue weighted by Crippen LogP contribution is 2.03. The molecule has 40 valence electrons. The first-order valence-electron chi connectivity index (χ1n) is 2.53. The minimum Gasteiger partial charge on any atom is -0.258 e. The lowest BCUT2D eigenvalue weighted by Gasteiger charge is -1.86.